The molecule has 2 heterocycles. The van der Waals surface area contributed by atoms with Gasteiger partial charge in [0.25, 0.3) is 5.91 Å². The molecule has 0 unspecified atom stereocenters. The lowest BCUT2D eigenvalue weighted by Crippen LogP contribution is -2.36. The highest BCUT2D eigenvalue weighted by molar-refractivity contribution is 6.30. The molecule has 0 bridgehead atoms. The van der Waals surface area contributed by atoms with Crippen LogP contribution in [-0.2, 0) is 0 Å². The molecule has 3 rings (SSSR count). The lowest BCUT2D eigenvalue weighted by Gasteiger charge is -2.25. The smallest absolute Gasteiger partial charge is 0.337 e. The number of amides is 2. The molecule has 1 saturated heterocycles. The quantitative estimate of drug-likeness (QED) is 0.918. The summed E-state index contributed by atoms with van der Waals surface area (Å²) >= 11 is 5.80. The zero-order valence-corrected chi connectivity index (χ0v) is 13.3. The maximum atomic E-state index is 12.3. The monoisotopic (exact) mass is 332 g/mol. The van der Waals surface area contributed by atoms with E-state index in [2.05, 4.69) is 10.4 Å². The first-order chi connectivity index (χ1) is 11.1. The summed E-state index contributed by atoms with van der Waals surface area (Å²) in [6.07, 6.45) is 4.68. The summed E-state index contributed by atoms with van der Waals surface area (Å²) in [7, 11) is 0. The molecule has 6 nitrogen and oxygen atoms in total. The van der Waals surface area contributed by atoms with Crippen molar-refractivity contribution in [2.45, 2.75) is 19.3 Å². The number of carbonyl (C=O) groups is 2. The van der Waals surface area contributed by atoms with Gasteiger partial charge in [0, 0.05) is 30.0 Å². The highest BCUT2D eigenvalue weighted by Gasteiger charge is 2.21. The number of nitrogens with one attached hydrogen (secondary N) is 1. The van der Waals surface area contributed by atoms with Crippen molar-refractivity contribution in [2.75, 3.05) is 18.4 Å². The molecule has 23 heavy (non-hydrogen) atoms. The first-order valence-electron chi connectivity index (χ1n) is 7.55. The predicted molar refractivity (Wildman–Crippen MR) is 87.9 cm³/mol. The van der Waals surface area contributed by atoms with Crippen molar-refractivity contribution in [2.24, 2.45) is 0 Å². The van der Waals surface area contributed by atoms with Gasteiger partial charge >= 0.3 is 6.03 Å². The van der Waals surface area contributed by atoms with Crippen molar-refractivity contribution in [1.29, 1.82) is 0 Å². The van der Waals surface area contributed by atoms with Crippen LogP contribution in [0.1, 0.15) is 29.8 Å². The minimum absolute atomic E-state index is 0.122. The van der Waals surface area contributed by atoms with Crippen molar-refractivity contribution in [3.63, 3.8) is 0 Å². The Balaban J connectivity index is 1.67. The molecule has 0 aliphatic carbocycles. The van der Waals surface area contributed by atoms with Gasteiger partial charge < -0.3 is 10.2 Å². The van der Waals surface area contributed by atoms with Crippen LogP contribution < -0.4 is 5.32 Å². The van der Waals surface area contributed by atoms with Crippen LogP contribution in [0.3, 0.4) is 0 Å². The molecular weight excluding hydrogens is 316 g/mol. The molecule has 7 heteroatoms. The fourth-order valence-electron chi connectivity index (χ4n) is 2.52. The van der Waals surface area contributed by atoms with E-state index < -0.39 is 6.03 Å². The molecule has 1 aliphatic rings. The van der Waals surface area contributed by atoms with Gasteiger partial charge in [0.05, 0.1) is 0 Å². The minimum Gasteiger partial charge on any atom is -0.337 e. The van der Waals surface area contributed by atoms with E-state index in [1.165, 1.54) is 6.20 Å². The van der Waals surface area contributed by atoms with Gasteiger partial charge in [0.2, 0.25) is 0 Å². The second kappa shape index (κ2) is 6.83. The number of hydrogen-bond acceptors (Lipinski definition) is 3. The van der Waals surface area contributed by atoms with Gasteiger partial charge in [-0.05, 0) is 49.6 Å². The molecule has 1 N–H and O–H groups in total. The summed E-state index contributed by atoms with van der Waals surface area (Å²) in [6.45, 7) is 1.51. The third-order valence-electron chi connectivity index (χ3n) is 3.76. The number of likely N-dealkylation sites (tertiary alicyclic amines) is 1. The van der Waals surface area contributed by atoms with Crippen LogP contribution in [0, 0.1) is 0 Å². The van der Waals surface area contributed by atoms with Crippen molar-refractivity contribution in [3.05, 3.63) is 47.2 Å². The highest BCUT2D eigenvalue weighted by atomic mass is 35.5. The Bertz CT molecular complexity index is 705. The third-order valence-corrected chi connectivity index (χ3v) is 4.01. The normalized spacial score (nSPS) is 14.6. The van der Waals surface area contributed by atoms with Gasteiger partial charge in [0.15, 0.2) is 5.69 Å². The maximum absolute atomic E-state index is 12.3. The maximum Gasteiger partial charge on any atom is 0.346 e. The average molecular weight is 333 g/mol. The number of rotatable bonds is 2. The highest BCUT2D eigenvalue weighted by Crippen LogP contribution is 2.14. The Morgan fingerprint density at radius 2 is 1.74 bits per heavy atom. The van der Waals surface area contributed by atoms with E-state index in [-0.39, 0.29) is 11.6 Å². The second-order valence-electron chi connectivity index (χ2n) is 5.44. The van der Waals surface area contributed by atoms with Gasteiger partial charge in [-0.3, -0.25) is 4.79 Å². The van der Waals surface area contributed by atoms with E-state index in [0.29, 0.717) is 10.7 Å². The Morgan fingerprint density at radius 3 is 2.43 bits per heavy atom. The molecular formula is C16H17ClN4O2. The number of piperidine rings is 1. The van der Waals surface area contributed by atoms with E-state index in [0.717, 1.165) is 37.0 Å². The van der Waals surface area contributed by atoms with Crippen molar-refractivity contribution < 1.29 is 9.59 Å². The molecule has 0 spiro atoms. The van der Waals surface area contributed by atoms with Crippen molar-refractivity contribution in [3.8, 4) is 0 Å². The summed E-state index contributed by atoms with van der Waals surface area (Å²) in [4.78, 5) is 26.3. The number of hydrogen-bond donors (Lipinski definition) is 1. The third kappa shape index (κ3) is 3.71. The van der Waals surface area contributed by atoms with Crippen LogP contribution in [0.4, 0.5) is 10.5 Å². The summed E-state index contributed by atoms with van der Waals surface area (Å²) in [5.74, 6) is -0.122. The number of carbonyl (C=O) groups excluding carboxylic acids is 2. The number of benzene rings is 1. The lowest BCUT2D eigenvalue weighted by atomic mass is 10.1. The summed E-state index contributed by atoms with van der Waals surface area (Å²) < 4.78 is 1.13. The van der Waals surface area contributed by atoms with Gasteiger partial charge in [-0.1, -0.05) is 11.6 Å². The van der Waals surface area contributed by atoms with Gasteiger partial charge in [-0.2, -0.15) is 9.78 Å². The Labute approximate surface area is 139 Å². The number of nitrogens with zero attached hydrogens (tertiary/aromatic N) is 3. The lowest BCUT2D eigenvalue weighted by molar-refractivity contribution is 0.0718. The van der Waals surface area contributed by atoms with E-state index in [9.17, 15) is 9.59 Å². The molecule has 1 fully saturated rings. The van der Waals surface area contributed by atoms with Crippen LogP contribution in [0.15, 0.2) is 36.5 Å². The van der Waals surface area contributed by atoms with Crippen molar-refractivity contribution >= 4 is 29.2 Å². The zero-order chi connectivity index (χ0) is 16.2. The van der Waals surface area contributed by atoms with Crippen LogP contribution in [-0.4, -0.2) is 39.7 Å². The molecule has 0 radical (unpaired) electrons. The summed E-state index contributed by atoms with van der Waals surface area (Å²) in [5.41, 5.74) is 0.900. The van der Waals surface area contributed by atoms with Crippen LogP contribution in [0.25, 0.3) is 0 Å². The first-order valence-corrected chi connectivity index (χ1v) is 7.93. The van der Waals surface area contributed by atoms with Crippen LogP contribution >= 0.6 is 11.6 Å². The average Bonchev–Trinajstić information content (AvgIpc) is 3.07. The number of aromatic nitrogens is 2. The molecule has 2 aromatic rings. The predicted octanol–water partition coefficient (Wildman–Crippen LogP) is 3.24. The van der Waals surface area contributed by atoms with Crippen LogP contribution in [0.2, 0.25) is 5.02 Å². The Hall–Kier alpha value is -2.34. The fraction of sp³-hybridized carbons (Fsp3) is 0.312. The van der Waals surface area contributed by atoms with Gasteiger partial charge in [-0.15, -0.1) is 0 Å². The first kappa shape index (κ1) is 15.6. The Kier molecular flexibility index (Phi) is 4.62. The SMILES string of the molecule is O=C(c1ccn(C(=O)Nc2ccc(Cl)cc2)n1)N1CCCCC1. The van der Waals surface area contributed by atoms with Crippen LogP contribution in [0.5, 0.6) is 0 Å². The second-order valence-corrected chi connectivity index (χ2v) is 5.87. The molecule has 120 valence electrons. The summed E-state index contributed by atoms with van der Waals surface area (Å²) in [5, 5.41) is 7.38. The van der Waals surface area contributed by atoms with E-state index >= 15 is 0 Å². The van der Waals surface area contributed by atoms with E-state index in [1.807, 2.05) is 0 Å². The molecule has 1 aliphatic heterocycles. The minimum atomic E-state index is -0.426. The standard InChI is InChI=1S/C16H17ClN4O2/c17-12-4-6-13(7-5-12)18-16(23)21-11-8-14(19-21)15(22)20-9-2-1-3-10-20/h4-8,11H,1-3,9-10H2,(H,18,23). The molecule has 1 aromatic heterocycles. The Morgan fingerprint density at radius 1 is 1.04 bits per heavy atom. The van der Waals surface area contributed by atoms with Gasteiger partial charge in [0.1, 0.15) is 0 Å². The van der Waals surface area contributed by atoms with E-state index in [1.54, 1.807) is 35.2 Å². The van der Waals surface area contributed by atoms with Crippen molar-refractivity contribution in [1.82, 2.24) is 14.7 Å². The largest absolute Gasteiger partial charge is 0.346 e. The van der Waals surface area contributed by atoms with E-state index in [4.69, 9.17) is 11.6 Å². The summed E-state index contributed by atoms with van der Waals surface area (Å²) in [6, 6.07) is 7.91. The molecule has 2 amide bonds. The molecule has 0 atom stereocenters. The number of anilines is 1. The fourth-order valence-corrected chi connectivity index (χ4v) is 2.65. The zero-order valence-electron chi connectivity index (χ0n) is 12.5. The van der Waals surface area contributed by atoms with Gasteiger partial charge in [-0.25, -0.2) is 4.79 Å². The molecule has 0 saturated carbocycles. The number of halogens is 1. The topological polar surface area (TPSA) is 67.2 Å². The molecule has 1 aromatic carbocycles.